The van der Waals surface area contributed by atoms with Gasteiger partial charge >= 0.3 is 0 Å². The molecule has 74 valence electrons. The number of hydrogen-bond acceptors (Lipinski definition) is 2. The summed E-state index contributed by atoms with van der Waals surface area (Å²) in [4.78, 5) is 10.6. The van der Waals surface area contributed by atoms with Crippen molar-refractivity contribution >= 4 is 18.3 Å². The molecule has 13 heavy (non-hydrogen) atoms. The van der Waals surface area contributed by atoms with Crippen LogP contribution in [0.2, 0.25) is 0 Å². The van der Waals surface area contributed by atoms with Crippen LogP contribution in [0.3, 0.4) is 0 Å². The molecule has 4 nitrogen and oxygen atoms in total. The summed E-state index contributed by atoms with van der Waals surface area (Å²) in [5, 5.41) is 3.40. The van der Waals surface area contributed by atoms with Crippen molar-refractivity contribution in [3.63, 3.8) is 0 Å². The number of hydrogen-bond donors (Lipinski definition) is 1. The monoisotopic (exact) mass is 211 g/mol. The second kappa shape index (κ2) is 4.18. The lowest BCUT2D eigenvalue weighted by Gasteiger charge is -1.94. The average molecular weight is 212 g/mol. The first-order valence-electron chi connectivity index (χ1n) is 3.14. The van der Waals surface area contributed by atoms with Crippen LogP contribution in [0.5, 0.6) is 0 Å². The van der Waals surface area contributed by atoms with Gasteiger partial charge in [0.15, 0.2) is 0 Å². The molecule has 1 heterocycles. The topological polar surface area (TPSA) is 60.9 Å². The largest absolute Gasteiger partial charge is 0.365 e. The number of nitrogens with zero attached hydrogens (tertiary/aromatic N) is 2. The minimum Gasteiger partial charge on any atom is -0.365 e. The van der Waals surface area contributed by atoms with Gasteiger partial charge in [-0.05, 0) is 0 Å². The summed E-state index contributed by atoms with van der Waals surface area (Å²) < 4.78 is 25.4. The Bertz CT molecular complexity index is 313. The molecule has 0 spiro atoms. The molecule has 2 N–H and O–H groups in total. The molecule has 1 aromatic rings. The van der Waals surface area contributed by atoms with E-state index in [1.165, 1.54) is 13.2 Å². The number of alkyl halides is 2. The third-order valence-corrected chi connectivity index (χ3v) is 1.33. The highest BCUT2D eigenvalue weighted by Gasteiger charge is 2.20. The molecular weight excluding hydrogens is 204 g/mol. The van der Waals surface area contributed by atoms with E-state index in [0.717, 1.165) is 4.68 Å². The van der Waals surface area contributed by atoms with E-state index in [-0.39, 0.29) is 18.0 Å². The summed E-state index contributed by atoms with van der Waals surface area (Å²) in [5.41, 5.74) is 4.05. The summed E-state index contributed by atoms with van der Waals surface area (Å²) in [6, 6.07) is 0. The number of aryl methyl sites for hydroxylation is 1. The van der Waals surface area contributed by atoms with Crippen LogP contribution in [0.25, 0.3) is 0 Å². The molecule has 0 atom stereocenters. The van der Waals surface area contributed by atoms with E-state index in [0.29, 0.717) is 0 Å². The number of nitrogens with two attached hydrogens (primary N) is 1. The molecule has 0 saturated carbocycles. The molecule has 0 fully saturated rings. The Hall–Kier alpha value is -1.17. The standard InChI is InChI=1S/C6H7F2N3O.ClH/c1-11-2-3(6(9)12)4(10-11)5(7)8;/h2,5H,1H3,(H2,9,12);1H. The predicted octanol–water partition coefficient (Wildman–Crippen LogP) is 0.878. The summed E-state index contributed by atoms with van der Waals surface area (Å²) >= 11 is 0. The zero-order chi connectivity index (χ0) is 9.30. The molecule has 0 radical (unpaired) electrons. The van der Waals surface area contributed by atoms with Crippen LogP contribution in [0.15, 0.2) is 6.20 Å². The third-order valence-electron chi connectivity index (χ3n) is 1.33. The highest BCUT2D eigenvalue weighted by Crippen LogP contribution is 2.20. The van der Waals surface area contributed by atoms with Crippen molar-refractivity contribution in [2.24, 2.45) is 12.8 Å². The Kier molecular flexibility index (Phi) is 3.80. The summed E-state index contributed by atoms with van der Waals surface area (Å²) in [7, 11) is 1.44. The first kappa shape index (κ1) is 11.8. The van der Waals surface area contributed by atoms with Crippen molar-refractivity contribution in [3.8, 4) is 0 Å². The number of amides is 1. The first-order valence-corrected chi connectivity index (χ1v) is 3.14. The van der Waals surface area contributed by atoms with Crippen LogP contribution >= 0.6 is 12.4 Å². The molecule has 0 aliphatic carbocycles. The van der Waals surface area contributed by atoms with E-state index in [9.17, 15) is 13.6 Å². The van der Waals surface area contributed by atoms with Gasteiger partial charge in [0.05, 0.1) is 5.56 Å². The number of carbonyl (C=O) groups is 1. The maximum atomic E-state index is 12.1. The highest BCUT2D eigenvalue weighted by atomic mass is 35.5. The molecule has 0 aliphatic rings. The van der Waals surface area contributed by atoms with Crippen LogP contribution in [0.1, 0.15) is 22.5 Å². The number of primary amides is 1. The SMILES string of the molecule is Cl.Cn1cc(C(N)=O)c(C(F)F)n1. The quantitative estimate of drug-likeness (QED) is 0.789. The van der Waals surface area contributed by atoms with E-state index in [1.807, 2.05) is 0 Å². The van der Waals surface area contributed by atoms with Crippen molar-refractivity contribution in [1.29, 1.82) is 0 Å². The number of halogens is 3. The van der Waals surface area contributed by atoms with Crippen molar-refractivity contribution < 1.29 is 13.6 Å². The van der Waals surface area contributed by atoms with Crippen LogP contribution in [-0.2, 0) is 7.05 Å². The smallest absolute Gasteiger partial charge is 0.282 e. The molecule has 1 rings (SSSR count). The Morgan fingerprint density at radius 1 is 1.69 bits per heavy atom. The lowest BCUT2D eigenvalue weighted by Crippen LogP contribution is -2.12. The van der Waals surface area contributed by atoms with Crippen LogP contribution < -0.4 is 5.73 Å². The number of carbonyl (C=O) groups excluding carboxylic acids is 1. The lowest BCUT2D eigenvalue weighted by atomic mass is 10.2. The summed E-state index contributed by atoms with van der Waals surface area (Å²) in [6.07, 6.45) is -1.60. The minimum atomic E-state index is -2.77. The second-order valence-corrected chi connectivity index (χ2v) is 2.27. The van der Waals surface area contributed by atoms with Gasteiger partial charge in [0.25, 0.3) is 12.3 Å². The summed E-state index contributed by atoms with van der Waals surface area (Å²) in [6.45, 7) is 0. The molecule has 0 saturated heterocycles. The summed E-state index contributed by atoms with van der Waals surface area (Å²) in [5.74, 6) is -0.890. The van der Waals surface area contributed by atoms with Gasteiger partial charge in [-0.1, -0.05) is 0 Å². The van der Waals surface area contributed by atoms with Gasteiger partial charge in [0.1, 0.15) is 5.69 Å². The van der Waals surface area contributed by atoms with Gasteiger partial charge in [-0.15, -0.1) is 12.4 Å². The van der Waals surface area contributed by atoms with E-state index in [2.05, 4.69) is 5.10 Å². The normalized spacial score (nSPS) is 9.85. The first-order chi connectivity index (χ1) is 5.52. The number of aromatic nitrogens is 2. The Morgan fingerprint density at radius 3 is 2.54 bits per heavy atom. The average Bonchev–Trinajstić information content (AvgIpc) is 2.31. The zero-order valence-corrected chi connectivity index (χ0v) is 7.52. The maximum Gasteiger partial charge on any atom is 0.282 e. The van der Waals surface area contributed by atoms with E-state index in [4.69, 9.17) is 5.73 Å². The van der Waals surface area contributed by atoms with Crippen LogP contribution in [0, 0.1) is 0 Å². The lowest BCUT2D eigenvalue weighted by molar-refractivity contribution is 0.0985. The molecule has 1 amide bonds. The third kappa shape index (κ3) is 2.38. The van der Waals surface area contributed by atoms with Crippen molar-refractivity contribution in [2.75, 3.05) is 0 Å². The molecule has 0 aliphatic heterocycles. The molecule has 1 aromatic heterocycles. The zero-order valence-electron chi connectivity index (χ0n) is 6.70. The molecule has 7 heteroatoms. The molecule has 0 aromatic carbocycles. The second-order valence-electron chi connectivity index (χ2n) is 2.27. The van der Waals surface area contributed by atoms with Gasteiger partial charge in [0.2, 0.25) is 0 Å². The van der Waals surface area contributed by atoms with Crippen molar-refractivity contribution in [3.05, 3.63) is 17.5 Å². The molecule has 0 unspecified atom stereocenters. The number of rotatable bonds is 2. The Labute approximate surface area is 79.1 Å². The highest BCUT2D eigenvalue weighted by molar-refractivity contribution is 5.93. The van der Waals surface area contributed by atoms with Crippen LogP contribution in [-0.4, -0.2) is 15.7 Å². The van der Waals surface area contributed by atoms with Gasteiger partial charge in [-0.25, -0.2) is 8.78 Å². The van der Waals surface area contributed by atoms with Gasteiger partial charge < -0.3 is 5.73 Å². The van der Waals surface area contributed by atoms with Crippen molar-refractivity contribution in [1.82, 2.24) is 9.78 Å². The van der Waals surface area contributed by atoms with Gasteiger partial charge in [0, 0.05) is 13.2 Å². The van der Waals surface area contributed by atoms with Crippen molar-refractivity contribution in [2.45, 2.75) is 6.43 Å². The Morgan fingerprint density at radius 2 is 2.23 bits per heavy atom. The maximum absolute atomic E-state index is 12.1. The predicted molar refractivity (Wildman–Crippen MR) is 43.9 cm³/mol. The fourth-order valence-electron chi connectivity index (χ4n) is 0.857. The minimum absolute atomic E-state index is 0. The van der Waals surface area contributed by atoms with Crippen LogP contribution in [0.4, 0.5) is 8.78 Å². The fourth-order valence-corrected chi connectivity index (χ4v) is 0.857. The van der Waals surface area contributed by atoms with Gasteiger partial charge in [-0.2, -0.15) is 5.10 Å². The molecule has 0 bridgehead atoms. The van der Waals surface area contributed by atoms with Gasteiger partial charge in [-0.3, -0.25) is 9.48 Å². The van der Waals surface area contributed by atoms with E-state index >= 15 is 0 Å². The van der Waals surface area contributed by atoms with E-state index < -0.39 is 18.0 Å². The fraction of sp³-hybridized carbons (Fsp3) is 0.333. The van der Waals surface area contributed by atoms with E-state index in [1.54, 1.807) is 0 Å². The Balaban J connectivity index is 0.00000144. The molecular formula is C6H8ClF2N3O.